The maximum atomic E-state index is 12.5. The molecule has 1 aliphatic heterocycles. The van der Waals surface area contributed by atoms with E-state index in [-0.39, 0.29) is 6.54 Å². The third kappa shape index (κ3) is 2.47. The van der Waals surface area contributed by atoms with Gasteiger partial charge in [-0.3, -0.25) is 0 Å². The first-order valence-corrected chi connectivity index (χ1v) is 5.17. The molecule has 1 saturated heterocycles. The van der Waals surface area contributed by atoms with E-state index < -0.39 is 12.2 Å². The van der Waals surface area contributed by atoms with E-state index in [9.17, 15) is 13.2 Å². The van der Waals surface area contributed by atoms with Crippen LogP contribution in [-0.2, 0) is 0 Å². The SMILES string of the molecule is FC(F)(F)C1CN(c2ccccc2)CCN1. The molecule has 1 aromatic carbocycles. The van der Waals surface area contributed by atoms with Crippen molar-refractivity contribution in [3.05, 3.63) is 30.3 Å². The van der Waals surface area contributed by atoms with Crippen LogP contribution in [0.3, 0.4) is 0 Å². The summed E-state index contributed by atoms with van der Waals surface area (Å²) in [5, 5.41) is 2.49. The number of nitrogens with one attached hydrogen (secondary N) is 1. The van der Waals surface area contributed by atoms with Gasteiger partial charge in [-0.25, -0.2) is 0 Å². The number of piperazine rings is 1. The Bertz CT molecular complexity index is 337. The average molecular weight is 230 g/mol. The van der Waals surface area contributed by atoms with Crippen molar-refractivity contribution < 1.29 is 13.2 Å². The number of nitrogens with zero attached hydrogens (tertiary/aromatic N) is 1. The van der Waals surface area contributed by atoms with E-state index in [1.807, 2.05) is 30.3 Å². The summed E-state index contributed by atoms with van der Waals surface area (Å²) in [5.74, 6) is 0. The number of para-hydroxylation sites is 1. The number of anilines is 1. The molecule has 5 heteroatoms. The summed E-state index contributed by atoms with van der Waals surface area (Å²) in [7, 11) is 0. The summed E-state index contributed by atoms with van der Waals surface area (Å²) in [5.41, 5.74) is 0.846. The molecule has 1 aromatic rings. The lowest BCUT2D eigenvalue weighted by Crippen LogP contribution is -2.57. The Morgan fingerprint density at radius 2 is 1.88 bits per heavy atom. The summed E-state index contributed by atoms with van der Waals surface area (Å²) in [4.78, 5) is 1.76. The second kappa shape index (κ2) is 4.33. The maximum absolute atomic E-state index is 12.5. The van der Waals surface area contributed by atoms with E-state index in [0.717, 1.165) is 5.69 Å². The molecule has 0 spiro atoms. The molecule has 0 amide bonds. The van der Waals surface area contributed by atoms with Crippen LogP contribution in [0.5, 0.6) is 0 Å². The van der Waals surface area contributed by atoms with E-state index in [2.05, 4.69) is 5.32 Å². The van der Waals surface area contributed by atoms with Crippen molar-refractivity contribution in [2.75, 3.05) is 24.5 Å². The Balaban J connectivity index is 2.08. The molecule has 88 valence electrons. The molecular formula is C11H13F3N2. The van der Waals surface area contributed by atoms with Crippen molar-refractivity contribution in [1.82, 2.24) is 5.32 Å². The predicted octanol–water partition coefficient (Wildman–Crippen LogP) is 2.03. The van der Waals surface area contributed by atoms with Crippen molar-refractivity contribution in [2.24, 2.45) is 0 Å². The van der Waals surface area contributed by atoms with Crippen LogP contribution in [0, 0.1) is 0 Å². The Kier molecular flexibility index (Phi) is 3.05. The molecule has 0 saturated carbocycles. The number of benzene rings is 1. The van der Waals surface area contributed by atoms with Crippen molar-refractivity contribution in [3.8, 4) is 0 Å². The molecule has 1 N–H and O–H groups in total. The molecule has 1 unspecified atom stereocenters. The fourth-order valence-corrected chi connectivity index (χ4v) is 1.84. The van der Waals surface area contributed by atoms with Gasteiger partial charge in [-0.05, 0) is 12.1 Å². The van der Waals surface area contributed by atoms with Crippen molar-refractivity contribution in [3.63, 3.8) is 0 Å². The quantitative estimate of drug-likeness (QED) is 0.794. The van der Waals surface area contributed by atoms with Gasteiger partial charge in [-0.1, -0.05) is 18.2 Å². The highest BCUT2D eigenvalue weighted by Crippen LogP contribution is 2.24. The van der Waals surface area contributed by atoms with E-state index in [4.69, 9.17) is 0 Å². The fraction of sp³-hybridized carbons (Fsp3) is 0.455. The minimum absolute atomic E-state index is 0.0203. The number of hydrogen-bond acceptors (Lipinski definition) is 2. The lowest BCUT2D eigenvalue weighted by atomic mass is 10.2. The zero-order valence-electron chi connectivity index (χ0n) is 8.67. The van der Waals surface area contributed by atoms with Gasteiger partial charge in [0.15, 0.2) is 0 Å². The standard InChI is InChI=1S/C11H13F3N2/c12-11(13,14)10-8-16(7-6-15-10)9-4-2-1-3-5-9/h1-5,10,15H,6-8H2. The van der Waals surface area contributed by atoms with Gasteiger partial charge in [0.2, 0.25) is 0 Å². The van der Waals surface area contributed by atoms with Crippen molar-refractivity contribution in [1.29, 1.82) is 0 Å². The largest absolute Gasteiger partial charge is 0.405 e. The fourth-order valence-electron chi connectivity index (χ4n) is 1.84. The first-order valence-electron chi connectivity index (χ1n) is 5.17. The Morgan fingerprint density at radius 3 is 2.50 bits per heavy atom. The number of rotatable bonds is 1. The number of hydrogen-bond donors (Lipinski definition) is 1. The highest BCUT2D eigenvalue weighted by molar-refractivity contribution is 5.46. The first kappa shape index (κ1) is 11.3. The van der Waals surface area contributed by atoms with Crippen LogP contribution in [0.1, 0.15) is 0 Å². The summed E-state index contributed by atoms with van der Waals surface area (Å²) >= 11 is 0. The highest BCUT2D eigenvalue weighted by atomic mass is 19.4. The molecule has 1 atom stereocenters. The highest BCUT2D eigenvalue weighted by Gasteiger charge is 2.41. The van der Waals surface area contributed by atoms with Crippen LogP contribution in [-0.4, -0.2) is 31.9 Å². The van der Waals surface area contributed by atoms with Gasteiger partial charge in [0.05, 0.1) is 0 Å². The molecule has 2 nitrogen and oxygen atoms in total. The second-order valence-electron chi connectivity index (χ2n) is 3.83. The molecule has 16 heavy (non-hydrogen) atoms. The average Bonchev–Trinajstić information content (AvgIpc) is 2.29. The second-order valence-corrected chi connectivity index (χ2v) is 3.83. The third-order valence-electron chi connectivity index (χ3n) is 2.69. The molecule has 0 aliphatic carbocycles. The first-order chi connectivity index (χ1) is 7.57. The summed E-state index contributed by atoms with van der Waals surface area (Å²) < 4.78 is 37.6. The van der Waals surface area contributed by atoms with E-state index in [0.29, 0.717) is 13.1 Å². The molecule has 1 aliphatic rings. The predicted molar refractivity (Wildman–Crippen MR) is 56.5 cm³/mol. The normalized spacial score (nSPS) is 22.2. The number of alkyl halides is 3. The van der Waals surface area contributed by atoms with Gasteiger partial charge in [0.1, 0.15) is 6.04 Å². The maximum Gasteiger partial charge on any atom is 0.405 e. The van der Waals surface area contributed by atoms with Gasteiger partial charge >= 0.3 is 6.18 Å². The molecule has 0 aromatic heterocycles. The topological polar surface area (TPSA) is 15.3 Å². The van der Waals surface area contributed by atoms with Gasteiger partial charge in [-0.15, -0.1) is 0 Å². The monoisotopic (exact) mass is 230 g/mol. The number of halogens is 3. The molecule has 0 radical (unpaired) electrons. The molecule has 2 rings (SSSR count). The minimum Gasteiger partial charge on any atom is -0.368 e. The smallest absolute Gasteiger partial charge is 0.368 e. The Morgan fingerprint density at radius 1 is 1.19 bits per heavy atom. The van der Waals surface area contributed by atoms with E-state index in [1.165, 1.54) is 0 Å². The summed E-state index contributed by atoms with van der Waals surface area (Å²) in [6, 6.07) is 7.76. The lowest BCUT2D eigenvalue weighted by Gasteiger charge is -2.36. The van der Waals surface area contributed by atoms with Crippen LogP contribution < -0.4 is 10.2 Å². The summed E-state index contributed by atoms with van der Waals surface area (Å²) in [6.07, 6.45) is -4.17. The molecule has 1 heterocycles. The van der Waals surface area contributed by atoms with Gasteiger partial charge < -0.3 is 10.2 Å². The Labute approximate surface area is 92.1 Å². The van der Waals surface area contributed by atoms with Crippen molar-refractivity contribution >= 4 is 5.69 Å². The zero-order chi connectivity index (χ0) is 11.6. The van der Waals surface area contributed by atoms with Gasteiger partial charge in [0.25, 0.3) is 0 Å². The van der Waals surface area contributed by atoms with Crippen molar-refractivity contribution in [2.45, 2.75) is 12.2 Å². The van der Waals surface area contributed by atoms with Gasteiger partial charge in [0, 0.05) is 25.3 Å². The van der Waals surface area contributed by atoms with Crippen LogP contribution in [0.2, 0.25) is 0 Å². The van der Waals surface area contributed by atoms with E-state index in [1.54, 1.807) is 4.90 Å². The molecule has 1 fully saturated rings. The molecule has 0 bridgehead atoms. The van der Waals surface area contributed by atoms with Crippen LogP contribution in [0.15, 0.2) is 30.3 Å². The van der Waals surface area contributed by atoms with Crippen LogP contribution in [0.4, 0.5) is 18.9 Å². The third-order valence-corrected chi connectivity index (χ3v) is 2.69. The van der Waals surface area contributed by atoms with E-state index >= 15 is 0 Å². The van der Waals surface area contributed by atoms with Crippen LogP contribution in [0.25, 0.3) is 0 Å². The van der Waals surface area contributed by atoms with Gasteiger partial charge in [-0.2, -0.15) is 13.2 Å². The molecular weight excluding hydrogens is 217 g/mol. The summed E-state index contributed by atoms with van der Waals surface area (Å²) in [6.45, 7) is 0.948. The lowest BCUT2D eigenvalue weighted by molar-refractivity contribution is -0.155. The Hall–Kier alpha value is -1.23. The zero-order valence-corrected chi connectivity index (χ0v) is 8.67. The minimum atomic E-state index is -4.17. The van der Waals surface area contributed by atoms with Crippen LogP contribution >= 0.6 is 0 Å².